The summed E-state index contributed by atoms with van der Waals surface area (Å²) >= 11 is 3.23. The topological polar surface area (TPSA) is 58.2 Å². The van der Waals surface area contributed by atoms with Gasteiger partial charge in [-0.1, -0.05) is 45.9 Å². The maximum absolute atomic E-state index is 13.3. The first-order valence-electron chi connectivity index (χ1n) is 9.36. The molecule has 0 aliphatic carbocycles. The molecule has 0 aliphatic rings. The molecule has 0 unspecified atom stereocenters. The first kappa shape index (κ1) is 22.1. The van der Waals surface area contributed by atoms with Gasteiger partial charge < -0.3 is 10.6 Å². The lowest BCUT2D eigenvalue weighted by Crippen LogP contribution is -2.28. The predicted molar refractivity (Wildman–Crippen MR) is 114 cm³/mol. The van der Waals surface area contributed by atoms with E-state index in [0.717, 1.165) is 22.9 Å². The summed E-state index contributed by atoms with van der Waals surface area (Å²) in [5.41, 5.74) is 3.24. The van der Waals surface area contributed by atoms with E-state index >= 15 is 0 Å². The molecule has 2 rings (SSSR count). The van der Waals surface area contributed by atoms with Crippen LogP contribution in [-0.2, 0) is 4.79 Å². The van der Waals surface area contributed by atoms with E-state index in [0.29, 0.717) is 4.47 Å². The summed E-state index contributed by atoms with van der Waals surface area (Å²) in [5, 5.41) is 5.68. The van der Waals surface area contributed by atoms with Crippen molar-refractivity contribution in [2.75, 3.05) is 11.9 Å². The van der Waals surface area contributed by atoms with E-state index in [2.05, 4.69) is 54.3 Å². The fourth-order valence-corrected chi connectivity index (χ4v) is 3.38. The molecule has 6 heteroatoms. The Balaban J connectivity index is 2.01. The van der Waals surface area contributed by atoms with Crippen LogP contribution in [0.1, 0.15) is 67.4 Å². The molecule has 2 aromatic carbocycles. The molecule has 0 radical (unpaired) electrons. The zero-order valence-corrected chi connectivity index (χ0v) is 18.2. The third kappa shape index (κ3) is 5.64. The van der Waals surface area contributed by atoms with E-state index in [4.69, 9.17) is 0 Å². The Morgan fingerprint density at radius 1 is 1.04 bits per heavy atom. The van der Waals surface area contributed by atoms with Gasteiger partial charge in [-0.3, -0.25) is 9.59 Å². The molecular formula is C22H26BrFN2O2. The maximum Gasteiger partial charge on any atom is 0.252 e. The number of halogens is 2. The highest BCUT2D eigenvalue weighted by molar-refractivity contribution is 9.10. The van der Waals surface area contributed by atoms with E-state index in [1.807, 2.05) is 18.2 Å². The smallest absolute Gasteiger partial charge is 0.252 e. The van der Waals surface area contributed by atoms with Gasteiger partial charge in [-0.25, -0.2) is 4.39 Å². The number of benzene rings is 2. The molecule has 0 saturated heterocycles. The van der Waals surface area contributed by atoms with Crippen molar-refractivity contribution in [2.45, 2.75) is 46.0 Å². The van der Waals surface area contributed by atoms with Gasteiger partial charge in [0.15, 0.2) is 0 Å². The van der Waals surface area contributed by atoms with Crippen LogP contribution in [0.5, 0.6) is 0 Å². The van der Waals surface area contributed by atoms with Gasteiger partial charge in [0.25, 0.3) is 5.91 Å². The van der Waals surface area contributed by atoms with Gasteiger partial charge in [0, 0.05) is 23.1 Å². The molecule has 0 fully saturated rings. The van der Waals surface area contributed by atoms with Crippen LogP contribution in [0.3, 0.4) is 0 Å². The molecule has 0 saturated carbocycles. The fourth-order valence-electron chi connectivity index (χ4n) is 2.95. The van der Waals surface area contributed by atoms with Crippen LogP contribution >= 0.6 is 15.9 Å². The van der Waals surface area contributed by atoms with Crippen molar-refractivity contribution in [3.8, 4) is 0 Å². The molecule has 0 spiro atoms. The Morgan fingerprint density at radius 3 is 2.21 bits per heavy atom. The first-order chi connectivity index (χ1) is 13.2. The van der Waals surface area contributed by atoms with Gasteiger partial charge in [-0.2, -0.15) is 0 Å². The van der Waals surface area contributed by atoms with Gasteiger partial charge in [-0.05, 0) is 57.1 Å². The van der Waals surface area contributed by atoms with Crippen LogP contribution in [-0.4, -0.2) is 18.4 Å². The van der Waals surface area contributed by atoms with Crippen LogP contribution < -0.4 is 10.6 Å². The molecule has 2 N–H and O–H groups in total. The van der Waals surface area contributed by atoms with Crippen molar-refractivity contribution in [3.05, 3.63) is 63.4 Å². The van der Waals surface area contributed by atoms with Crippen molar-refractivity contribution < 1.29 is 14.0 Å². The van der Waals surface area contributed by atoms with Crippen molar-refractivity contribution in [3.63, 3.8) is 0 Å². The summed E-state index contributed by atoms with van der Waals surface area (Å²) in [6.45, 7) is 8.52. The van der Waals surface area contributed by atoms with Crippen LogP contribution in [0.4, 0.5) is 10.1 Å². The van der Waals surface area contributed by atoms with Gasteiger partial charge >= 0.3 is 0 Å². The number of para-hydroxylation sites is 1. The number of carbonyl (C=O) groups excluding carboxylic acids is 2. The summed E-state index contributed by atoms with van der Waals surface area (Å²) in [6.07, 6.45) is 0.128. The second-order valence-electron chi connectivity index (χ2n) is 7.30. The summed E-state index contributed by atoms with van der Waals surface area (Å²) in [4.78, 5) is 24.7. The van der Waals surface area contributed by atoms with E-state index in [1.54, 1.807) is 0 Å². The highest BCUT2D eigenvalue weighted by Gasteiger charge is 2.16. The van der Waals surface area contributed by atoms with Crippen LogP contribution in [0, 0.1) is 5.82 Å². The minimum atomic E-state index is -0.488. The van der Waals surface area contributed by atoms with Gasteiger partial charge in [0.05, 0.1) is 5.56 Å². The van der Waals surface area contributed by atoms with Gasteiger partial charge in [0.2, 0.25) is 5.91 Å². The molecule has 0 heterocycles. The Kier molecular flexibility index (Phi) is 7.75. The Labute approximate surface area is 174 Å². The van der Waals surface area contributed by atoms with E-state index < -0.39 is 11.7 Å². The first-order valence-corrected chi connectivity index (χ1v) is 10.2. The normalized spacial score (nSPS) is 11.0. The largest absolute Gasteiger partial charge is 0.351 e. The molecule has 2 aromatic rings. The molecular weight excluding hydrogens is 423 g/mol. The van der Waals surface area contributed by atoms with Crippen LogP contribution in [0.25, 0.3) is 0 Å². The monoisotopic (exact) mass is 448 g/mol. The van der Waals surface area contributed by atoms with Gasteiger partial charge in [-0.15, -0.1) is 0 Å². The Bertz CT molecular complexity index is 839. The van der Waals surface area contributed by atoms with E-state index in [1.165, 1.54) is 12.1 Å². The molecule has 4 nitrogen and oxygen atoms in total. The standard InChI is InChI=1S/C22H26BrFN2O2/c1-13(2)16-6-5-7-17(14(3)4)21(16)26-20(27)10-11-25-22(28)18-12-15(24)8-9-19(18)23/h5-9,12-14H,10-11H2,1-4H3,(H,25,28)(H,26,27). The molecule has 28 heavy (non-hydrogen) atoms. The summed E-state index contributed by atoms with van der Waals surface area (Å²) in [5.74, 6) is -0.533. The SMILES string of the molecule is CC(C)c1cccc(C(C)C)c1NC(=O)CCNC(=O)c1cc(F)ccc1Br. The summed E-state index contributed by atoms with van der Waals surface area (Å²) < 4.78 is 13.8. The minimum absolute atomic E-state index is 0.128. The highest BCUT2D eigenvalue weighted by Crippen LogP contribution is 2.32. The lowest BCUT2D eigenvalue weighted by atomic mass is 9.92. The van der Waals surface area contributed by atoms with Crippen molar-refractivity contribution in [2.24, 2.45) is 0 Å². The number of hydrogen-bond donors (Lipinski definition) is 2. The Morgan fingerprint density at radius 2 is 1.64 bits per heavy atom. The lowest BCUT2D eigenvalue weighted by molar-refractivity contribution is -0.116. The molecule has 0 aromatic heterocycles. The van der Waals surface area contributed by atoms with Crippen LogP contribution in [0.2, 0.25) is 0 Å². The summed E-state index contributed by atoms with van der Waals surface area (Å²) in [7, 11) is 0. The molecule has 0 bridgehead atoms. The second-order valence-corrected chi connectivity index (χ2v) is 8.15. The number of amides is 2. The third-order valence-corrected chi connectivity index (χ3v) is 5.14. The minimum Gasteiger partial charge on any atom is -0.351 e. The second kappa shape index (κ2) is 9.82. The number of carbonyl (C=O) groups is 2. The highest BCUT2D eigenvalue weighted by atomic mass is 79.9. The third-order valence-electron chi connectivity index (χ3n) is 4.45. The molecule has 150 valence electrons. The molecule has 2 amide bonds. The zero-order valence-electron chi connectivity index (χ0n) is 16.6. The maximum atomic E-state index is 13.3. The van der Waals surface area contributed by atoms with Crippen molar-refractivity contribution in [1.82, 2.24) is 5.32 Å². The predicted octanol–water partition coefficient (Wildman–Crippen LogP) is 5.59. The number of anilines is 1. The van der Waals surface area contributed by atoms with E-state index in [9.17, 15) is 14.0 Å². The van der Waals surface area contributed by atoms with E-state index in [-0.39, 0.29) is 36.3 Å². The fraction of sp³-hybridized carbons (Fsp3) is 0.364. The van der Waals surface area contributed by atoms with Crippen molar-refractivity contribution in [1.29, 1.82) is 0 Å². The average Bonchev–Trinajstić information content (AvgIpc) is 2.63. The zero-order chi connectivity index (χ0) is 20.8. The van der Waals surface area contributed by atoms with Crippen molar-refractivity contribution >= 4 is 33.4 Å². The number of nitrogens with one attached hydrogen (secondary N) is 2. The Hall–Kier alpha value is -2.21. The van der Waals surface area contributed by atoms with Gasteiger partial charge in [0.1, 0.15) is 5.82 Å². The molecule has 0 atom stereocenters. The number of rotatable bonds is 7. The van der Waals surface area contributed by atoms with Crippen LogP contribution in [0.15, 0.2) is 40.9 Å². The molecule has 0 aliphatic heterocycles. The average molecular weight is 449 g/mol. The summed E-state index contributed by atoms with van der Waals surface area (Å²) in [6, 6.07) is 9.97. The number of hydrogen-bond acceptors (Lipinski definition) is 2. The lowest BCUT2D eigenvalue weighted by Gasteiger charge is -2.20. The quantitative estimate of drug-likeness (QED) is 0.579.